The molecule has 0 fully saturated rings. The molecule has 8 heteroatoms. The van der Waals surface area contributed by atoms with Crippen molar-refractivity contribution in [1.82, 2.24) is 10.2 Å². The molecule has 0 aliphatic carbocycles. The average Bonchev–Trinajstić information content (AvgIpc) is 2.76. The van der Waals surface area contributed by atoms with Crippen molar-refractivity contribution in [2.45, 2.75) is 6.54 Å². The van der Waals surface area contributed by atoms with Gasteiger partial charge in [-0.1, -0.05) is 24.3 Å². The van der Waals surface area contributed by atoms with Gasteiger partial charge < -0.3 is 15.0 Å². The molecule has 0 heterocycles. The molecule has 1 N–H and O–H groups in total. The maximum Gasteiger partial charge on any atom is 0.270 e. The predicted octanol–water partition coefficient (Wildman–Crippen LogP) is 3.15. The highest BCUT2D eigenvalue weighted by Crippen LogP contribution is 2.22. The minimum Gasteiger partial charge on any atom is -0.497 e. The van der Waals surface area contributed by atoms with E-state index in [1.54, 1.807) is 14.2 Å². The Bertz CT molecular complexity index is 1110. The normalized spacial score (nSPS) is 10.5. The quantitative estimate of drug-likeness (QED) is 0.479. The lowest BCUT2D eigenvalue weighted by molar-refractivity contribution is -0.384. The number of carbonyl (C=O) groups excluding carboxylic acids is 2. The van der Waals surface area contributed by atoms with Gasteiger partial charge in [-0.25, -0.2) is 0 Å². The van der Waals surface area contributed by atoms with E-state index >= 15 is 0 Å². The lowest BCUT2D eigenvalue weighted by Crippen LogP contribution is -2.37. The van der Waals surface area contributed by atoms with Crippen LogP contribution in [0, 0.1) is 10.1 Å². The summed E-state index contributed by atoms with van der Waals surface area (Å²) in [5, 5.41) is 15.4. The van der Waals surface area contributed by atoms with Crippen molar-refractivity contribution in [3.63, 3.8) is 0 Å². The van der Waals surface area contributed by atoms with E-state index in [-0.39, 0.29) is 23.7 Å². The third kappa shape index (κ3) is 4.91. The Labute approximate surface area is 173 Å². The van der Waals surface area contributed by atoms with Crippen LogP contribution in [0.5, 0.6) is 5.75 Å². The third-order valence-electron chi connectivity index (χ3n) is 4.68. The van der Waals surface area contributed by atoms with Crippen LogP contribution in [0.3, 0.4) is 0 Å². The maximum atomic E-state index is 12.4. The zero-order valence-corrected chi connectivity index (χ0v) is 16.6. The van der Waals surface area contributed by atoms with Crippen LogP contribution in [0.4, 0.5) is 5.69 Å². The number of nitrogens with one attached hydrogen (secondary N) is 1. The molecule has 0 spiro atoms. The molecule has 0 aromatic heterocycles. The van der Waals surface area contributed by atoms with Crippen molar-refractivity contribution in [3.8, 4) is 5.75 Å². The monoisotopic (exact) mass is 407 g/mol. The first-order valence-electron chi connectivity index (χ1n) is 9.20. The Morgan fingerprint density at radius 1 is 1.07 bits per heavy atom. The van der Waals surface area contributed by atoms with Gasteiger partial charge in [-0.2, -0.15) is 0 Å². The van der Waals surface area contributed by atoms with Crippen LogP contribution in [0.15, 0.2) is 60.7 Å². The molecule has 3 aromatic rings. The van der Waals surface area contributed by atoms with Crippen LogP contribution in [0.25, 0.3) is 10.8 Å². The summed E-state index contributed by atoms with van der Waals surface area (Å²) in [5.74, 6) is -0.0363. The Morgan fingerprint density at radius 3 is 2.53 bits per heavy atom. The van der Waals surface area contributed by atoms with Crippen LogP contribution in [-0.2, 0) is 11.3 Å². The molecule has 3 rings (SSSR count). The van der Waals surface area contributed by atoms with Gasteiger partial charge in [-0.15, -0.1) is 0 Å². The highest BCUT2D eigenvalue weighted by atomic mass is 16.6. The molecule has 0 atom stereocenters. The average molecular weight is 407 g/mol. The van der Waals surface area contributed by atoms with E-state index in [0.29, 0.717) is 6.54 Å². The molecule has 0 aliphatic rings. The van der Waals surface area contributed by atoms with Crippen LogP contribution >= 0.6 is 0 Å². The number of hydrogen-bond donors (Lipinski definition) is 1. The number of hydrogen-bond acceptors (Lipinski definition) is 5. The zero-order valence-electron chi connectivity index (χ0n) is 16.6. The minimum atomic E-state index is -0.574. The maximum absolute atomic E-state index is 12.4. The molecule has 30 heavy (non-hydrogen) atoms. The van der Waals surface area contributed by atoms with Gasteiger partial charge in [0.05, 0.1) is 18.6 Å². The number of fused-ring (bicyclic) bond motifs is 1. The molecule has 154 valence electrons. The first-order chi connectivity index (χ1) is 14.4. The second-order valence-electron chi connectivity index (χ2n) is 6.79. The molecule has 0 saturated heterocycles. The molecular formula is C22H21N3O5. The summed E-state index contributed by atoms with van der Waals surface area (Å²) in [6, 6.07) is 17.0. The van der Waals surface area contributed by atoms with Crippen molar-refractivity contribution in [3.05, 3.63) is 81.9 Å². The topological polar surface area (TPSA) is 102 Å². The first kappa shape index (κ1) is 20.8. The summed E-state index contributed by atoms with van der Waals surface area (Å²) in [6.45, 7) is 0.177. The smallest absolute Gasteiger partial charge is 0.270 e. The summed E-state index contributed by atoms with van der Waals surface area (Å²) in [5.41, 5.74) is 0.901. The second-order valence-corrected chi connectivity index (χ2v) is 6.79. The molecule has 0 unspecified atom stereocenters. The standard InChI is InChI=1S/C22H21N3O5/c1-24(14-15-6-7-17-12-20(30-2)9-8-16(17)10-15)21(26)13-23-22(27)18-4-3-5-19(11-18)25(28)29/h3-12H,13-14H2,1-2H3,(H,23,27). The number of rotatable bonds is 7. The number of amides is 2. The number of nitrogens with zero attached hydrogens (tertiary/aromatic N) is 2. The summed E-state index contributed by atoms with van der Waals surface area (Å²) in [6.07, 6.45) is 0. The van der Waals surface area contributed by atoms with Crippen molar-refractivity contribution < 1.29 is 19.2 Å². The van der Waals surface area contributed by atoms with E-state index < -0.39 is 10.8 Å². The Morgan fingerprint density at radius 2 is 1.80 bits per heavy atom. The SMILES string of the molecule is COc1ccc2cc(CN(C)C(=O)CNC(=O)c3cccc([N+](=O)[O-])c3)ccc2c1. The van der Waals surface area contributed by atoms with Crippen molar-refractivity contribution >= 4 is 28.3 Å². The van der Waals surface area contributed by atoms with Gasteiger partial charge in [0.25, 0.3) is 11.6 Å². The highest BCUT2D eigenvalue weighted by molar-refractivity contribution is 5.97. The lowest BCUT2D eigenvalue weighted by atomic mass is 10.1. The van der Waals surface area contributed by atoms with E-state index in [0.717, 1.165) is 22.1 Å². The first-order valence-corrected chi connectivity index (χ1v) is 9.20. The summed E-state index contributed by atoms with van der Waals surface area (Å²) < 4.78 is 5.22. The van der Waals surface area contributed by atoms with Gasteiger partial charge >= 0.3 is 0 Å². The van der Waals surface area contributed by atoms with Crippen molar-refractivity contribution in [2.75, 3.05) is 20.7 Å². The van der Waals surface area contributed by atoms with Gasteiger partial charge in [-0.05, 0) is 40.6 Å². The van der Waals surface area contributed by atoms with Gasteiger partial charge in [0.1, 0.15) is 5.75 Å². The van der Waals surface area contributed by atoms with E-state index in [2.05, 4.69) is 5.32 Å². The molecular weight excluding hydrogens is 386 g/mol. The molecule has 2 amide bonds. The number of carbonyl (C=O) groups is 2. The number of nitro groups is 1. The molecule has 3 aromatic carbocycles. The van der Waals surface area contributed by atoms with Crippen LogP contribution in [0.2, 0.25) is 0 Å². The van der Waals surface area contributed by atoms with E-state index in [1.807, 2.05) is 36.4 Å². The fraction of sp³-hybridized carbons (Fsp3) is 0.182. The Hall–Kier alpha value is -3.94. The lowest BCUT2D eigenvalue weighted by Gasteiger charge is -2.18. The molecule has 0 saturated carbocycles. The number of ether oxygens (including phenoxy) is 1. The Kier molecular flexibility index (Phi) is 6.26. The van der Waals surface area contributed by atoms with Gasteiger partial charge in [0.2, 0.25) is 5.91 Å². The summed E-state index contributed by atoms with van der Waals surface area (Å²) in [7, 11) is 3.27. The van der Waals surface area contributed by atoms with Crippen LogP contribution < -0.4 is 10.1 Å². The number of methoxy groups -OCH3 is 1. The largest absolute Gasteiger partial charge is 0.497 e. The second kappa shape index (κ2) is 9.04. The van der Waals surface area contributed by atoms with Gasteiger partial charge in [-0.3, -0.25) is 19.7 Å². The number of likely N-dealkylation sites (N-methyl/N-ethyl adjacent to an activating group) is 1. The predicted molar refractivity (Wildman–Crippen MR) is 112 cm³/mol. The fourth-order valence-corrected chi connectivity index (χ4v) is 3.01. The minimum absolute atomic E-state index is 0.129. The molecule has 0 bridgehead atoms. The van der Waals surface area contributed by atoms with E-state index in [4.69, 9.17) is 4.74 Å². The van der Waals surface area contributed by atoms with Crippen LogP contribution in [-0.4, -0.2) is 42.3 Å². The van der Waals surface area contributed by atoms with Crippen molar-refractivity contribution in [1.29, 1.82) is 0 Å². The number of non-ortho nitro benzene ring substituents is 1. The zero-order chi connectivity index (χ0) is 21.7. The van der Waals surface area contributed by atoms with Gasteiger partial charge in [0.15, 0.2) is 0 Å². The summed E-state index contributed by atoms with van der Waals surface area (Å²) >= 11 is 0. The molecule has 0 aliphatic heterocycles. The van der Waals surface area contributed by atoms with Crippen molar-refractivity contribution in [2.24, 2.45) is 0 Å². The fourth-order valence-electron chi connectivity index (χ4n) is 3.01. The third-order valence-corrected chi connectivity index (χ3v) is 4.68. The van der Waals surface area contributed by atoms with E-state index in [9.17, 15) is 19.7 Å². The van der Waals surface area contributed by atoms with Crippen LogP contribution in [0.1, 0.15) is 15.9 Å². The Balaban J connectivity index is 1.59. The molecule has 0 radical (unpaired) electrons. The molecule has 8 nitrogen and oxygen atoms in total. The summed E-state index contributed by atoms with van der Waals surface area (Å²) in [4.78, 5) is 36.3. The van der Waals surface area contributed by atoms with E-state index in [1.165, 1.54) is 29.2 Å². The number of benzene rings is 3. The highest BCUT2D eigenvalue weighted by Gasteiger charge is 2.14. The van der Waals surface area contributed by atoms with Gasteiger partial charge in [0, 0.05) is 31.3 Å². The number of nitro benzene ring substituents is 1.